The maximum atomic E-state index is 11.0. The zero-order valence-corrected chi connectivity index (χ0v) is 17.1. The van der Waals surface area contributed by atoms with Crippen LogP contribution in [0.15, 0.2) is 48.9 Å². The summed E-state index contributed by atoms with van der Waals surface area (Å²) in [4.78, 5) is 22.0. The zero-order chi connectivity index (χ0) is 21.6. The molecule has 0 bridgehead atoms. The maximum Gasteiger partial charge on any atom is 0.432 e. The summed E-state index contributed by atoms with van der Waals surface area (Å²) in [5.41, 5.74) is 0. The highest BCUT2D eigenvalue weighted by atomic mass is 16.5. The summed E-state index contributed by atoms with van der Waals surface area (Å²) in [5, 5.41) is 15.9. The molecular weight excluding hydrogens is 400 g/mol. The second-order valence-electron chi connectivity index (χ2n) is 7.02. The van der Waals surface area contributed by atoms with Gasteiger partial charge in [-0.1, -0.05) is 12.1 Å². The van der Waals surface area contributed by atoms with E-state index in [2.05, 4.69) is 25.3 Å². The molecule has 3 heterocycles. The molecule has 0 spiro atoms. The Morgan fingerprint density at radius 2 is 2.06 bits per heavy atom. The Morgan fingerprint density at radius 1 is 1.23 bits per heavy atom. The second-order valence-corrected chi connectivity index (χ2v) is 7.02. The van der Waals surface area contributed by atoms with E-state index in [0.717, 1.165) is 35.6 Å². The number of hydrogen-bond donors (Lipinski definition) is 2. The number of carboxylic acid groups (broad SMARTS) is 1. The van der Waals surface area contributed by atoms with Gasteiger partial charge in [-0.3, -0.25) is 4.98 Å². The van der Waals surface area contributed by atoms with E-state index < -0.39 is 6.09 Å². The van der Waals surface area contributed by atoms with E-state index in [4.69, 9.17) is 14.6 Å². The standard InChI is InChI=1S/C21H24N6O4/c1-2-30-16-7-3-4-8-17(16)31-15-6-5-10-26(14-15)20-13-22-12-19(24-20)23-18-9-11-27(25-18)21(28)29/h3-4,7-9,11-13,15H,2,5-6,10,14H2,1H3,(H,28,29)(H,23,24,25). The molecule has 10 heteroatoms. The van der Waals surface area contributed by atoms with Crippen molar-refractivity contribution in [3.8, 4) is 11.5 Å². The molecule has 0 radical (unpaired) electrons. The fraction of sp³-hybridized carbons (Fsp3) is 0.333. The van der Waals surface area contributed by atoms with Crippen LogP contribution in [-0.4, -0.2) is 56.7 Å². The van der Waals surface area contributed by atoms with Crippen LogP contribution < -0.4 is 19.7 Å². The number of carbonyl (C=O) groups is 1. The predicted octanol–water partition coefficient (Wildman–Crippen LogP) is 3.39. The average molecular weight is 424 g/mol. The third-order valence-electron chi connectivity index (χ3n) is 4.81. The van der Waals surface area contributed by atoms with Crippen LogP contribution >= 0.6 is 0 Å². The number of nitrogens with zero attached hydrogens (tertiary/aromatic N) is 5. The van der Waals surface area contributed by atoms with Crippen molar-refractivity contribution < 1.29 is 19.4 Å². The van der Waals surface area contributed by atoms with Crippen molar-refractivity contribution in [3.05, 3.63) is 48.9 Å². The molecule has 4 rings (SSSR count). The summed E-state index contributed by atoms with van der Waals surface area (Å²) in [6.45, 7) is 4.05. The van der Waals surface area contributed by atoms with E-state index >= 15 is 0 Å². The van der Waals surface area contributed by atoms with Crippen LogP contribution in [0.3, 0.4) is 0 Å². The number of nitrogens with one attached hydrogen (secondary N) is 1. The number of hydrogen-bond acceptors (Lipinski definition) is 8. The Kier molecular flexibility index (Phi) is 6.16. The van der Waals surface area contributed by atoms with Crippen LogP contribution in [0.4, 0.5) is 22.2 Å². The smallest absolute Gasteiger partial charge is 0.432 e. The van der Waals surface area contributed by atoms with Crippen molar-refractivity contribution in [1.82, 2.24) is 19.7 Å². The minimum Gasteiger partial charge on any atom is -0.490 e. The Hall–Kier alpha value is -3.82. The van der Waals surface area contributed by atoms with Gasteiger partial charge in [0.25, 0.3) is 0 Å². The highest BCUT2D eigenvalue weighted by molar-refractivity contribution is 5.68. The number of ether oxygens (including phenoxy) is 2. The molecule has 162 valence electrons. The number of anilines is 3. The fourth-order valence-corrected chi connectivity index (χ4v) is 3.44. The second kappa shape index (κ2) is 9.33. The Labute approximate surface area is 179 Å². The first-order valence-corrected chi connectivity index (χ1v) is 10.1. The van der Waals surface area contributed by atoms with E-state index in [0.29, 0.717) is 30.6 Å². The van der Waals surface area contributed by atoms with E-state index in [9.17, 15) is 4.79 Å². The first kappa shape index (κ1) is 20.5. The third-order valence-corrected chi connectivity index (χ3v) is 4.81. The van der Waals surface area contributed by atoms with Crippen LogP contribution in [-0.2, 0) is 0 Å². The first-order chi connectivity index (χ1) is 15.1. The van der Waals surface area contributed by atoms with Crippen LogP contribution in [0, 0.1) is 0 Å². The first-order valence-electron chi connectivity index (χ1n) is 10.1. The van der Waals surface area contributed by atoms with Gasteiger partial charge >= 0.3 is 6.09 Å². The van der Waals surface area contributed by atoms with Crippen LogP contribution in [0.1, 0.15) is 19.8 Å². The Morgan fingerprint density at radius 3 is 2.84 bits per heavy atom. The van der Waals surface area contributed by atoms with Crippen LogP contribution in [0.5, 0.6) is 11.5 Å². The van der Waals surface area contributed by atoms with Gasteiger partial charge in [-0.2, -0.15) is 4.68 Å². The van der Waals surface area contributed by atoms with E-state index in [1.807, 2.05) is 31.2 Å². The lowest BCUT2D eigenvalue weighted by molar-refractivity contribution is 0.170. The van der Waals surface area contributed by atoms with Gasteiger partial charge in [-0.25, -0.2) is 9.78 Å². The molecule has 1 aliphatic rings. The third kappa shape index (κ3) is 5.03. The highest BCUT2D eigenvalue weighted by Gasteiger charge is 2.24. The van der Waals surface area contributed by atoms with Gasteiger partial charge in [0.05, 0.1) is 25.5 Å². The van der Waals surface area contributed by atoms with Crippen molar-refractivity contribution in [1.29, 1.82) is 0 Å². The fourth-order valence-electron chi connectivity index (χ4n) is 3.44. The number of aromatic nitrogens is 4. The van der Waals surface area contributed by atoms with E-state index in [1.165, 1.54) is 6.20 Å². The molecule has 1 atom stereocenters. The summed E-state index contributed by atoms with van der Waals surface area (Å²) >= 11 is 0. The van der Waals surface area contributed by atoms with Crippen LogP contribution in [0.2, 0.25) is 0 Å². The molecule has 1 saturated heterocycles. The van der Waals surface area contributed by atoms with Crippen molar-refractivity contribution in [3.63, 3.8) is 0 Å². The van der Waals surface area contributed by atoms with Gasteiger partial charge < -0.3 is 24.8 Å². The Balaban J connectivity index is 1.43. The molecule has 3 aromatic rings. The summed E-state index contributed by atoms with van der Waals surface area (Å²) in [7, 11) is 0. The van der Waals surface area contributed by atoms with Crippen molar-refractivity contribution >= 4 is 23.5 Å². The molecule has 0 saturated carbocycles. The average Bonchev–Trinajstić information content (AvgIpc) is 3.25. The molecule has 0 amide bonds. The summed E-state index contributed by atoms with van der Waals surface area (Å²) in [5.74, 6) is 3.06. The molecule has 1 unspecified atom stereocenters. The number of rotatable bonds is 7. The molecule has 2 aromatic heterocycles. The molecule has 1 aliphatic heterocycles. The van der Waals surface area contributed by atoms with Crippen molar-refractivity contribution in [2.45, 2.75) is 25.9 Å². The highest BCUT2D eigenvalue weighted by Crippen LogP contribution is 2.30. The van der Waals surface area contributed by atoms with Gasteiger partial charge in [0.2, 0.25) is 0 Å². The predicted molar refractivity (Wildman–Crippen MR) is 114 cm³/mol. The number of benzene rings is 1. The largest absolute Gasteiger partial charge is 0.490 e. The van der Waals surface area contributed by atoms with Gasteiger partial charge in [0, 0.05) is 18.8 Å². The van der Waals surface area contributed by atoms with Crippen LogP contribution in [0.25, 0.3) is 0 Å². The topological polar surface area (TPSA) is 115 Å². The molecule has 1 fully saturated rings. The maximum absolute atomic E-state index is 11.0. The monoisotopic (exact) mass is 424 g/mol. The summed E-state index contributed by atoms with van der Waals surface area (Å²) < 4.78 is 12.7. The molecule has 1 aromatic carbocycles. The number of piperidine rings is 1. The molecule has 10 nitrogen and oxygen atoms in total. The van der Waals surface area contributed by atoms with Crippen molar-refractivity contribution in [2.75, 3.05) is 29.9 Å². The Bertz CT molecular complexity index is 1040. The minimum atomic E-state index is -1.15. The van der Waals surface area contributed by atoms with E-state index in [1.54, 1.807) is 18.5 Å². The van der Waals surface area contributed by atoms with Gasteiger partial charge in [0.1, 0.15) is 11.9 Å². The lowest BCUT2D eigenvalue weighted by Crippen LogP contribution is -2.41. The summed E-state index contributed by atoms with van der Waals surface area (Å²) in [6.07, 6.45) is 5.38. The number of para-hydroxylation sites is 2. The lowest BCUT2D eigenvalue weighted by Gasteiger charge is -2.33. The van der Waals surface area contributed by atoms with Crippen molar-refractivity contribution in [2.24, 2.45) is 0 Å². The minimum absolute atomic E-state index is 0.0000339. The summed E-state index contributed by atoms with van der Waals surface area (Å²) in [6, 6.07) is 9.25. The normalized spacial score (nSPS) is 16.0. The van der Waals surface area contributed by atoms with Gasteiger partial charge in [-0.15, -0.1) is 5.10 Å². The van der Waals surface area contributed by atoms with E-state index in [-0.39, 0.29) is 6.10 Å². The van der Waals surface area contributed by atoms with Gasteiger partial charge in [0.15, 0.2) is 23.1 Å². The zero-order valence-electron chi connectivity index (χ0n) is 17.1. The molecular formula is C21H24N6O4. The molecule has 31 heavy (non-hydrogen) atoms. The molecule has 0 aliphatic carbocycles. The molecule has 2 N–H and O–H groups in total. The lowest BCUT2D eigenvalue weighted by atomic mass is 10.1. The quantitative estimate of drug-likeness (QED) is 0.589. The SMILES string of the molecule is CCOc1ccccc1OC1CCCN(c2cncc(Nc3ccn(C(=O)O)n3)n2)C1. The van der Waals surface area contributed by atoms with Gasteiger partial charge in [-0.05, 0) is 31.9 Å².